The third kappa shape index (κ3) is 2.50. The first-order valence-corrected chi connectivity index (χ1v) is 6.59. The second-order valence-corrected chi connectivity index (χ2v) is 5.14. The Balaban J connectivity index is 2.09. The largest absolute Gasteiger partial charge is 0.351 e. The lowest BCUT2D eigenvalue weighted by Gasteiger charge is -2.34. The van der Waals surface area contributed by atoms with Gasteiger partial charge in [-0.25, -0.2) is 0 Å². The Morgan fingerprint density at radius 2 is 1.58 bits per heavy atom. The Labute approximate surface area is 113 Å². The van der Waals surface area contributed by atoms with Crippen molar-refractivity contribution < 1.29 is 9.59 Å². The lowest BCUT2D eigenvalue weighted by atomic mass is 10.2. The summed E-state index contributed by atoms with van der Waals surface area (Å²) in [5.41, 5.74) is 2.86. The summed E-state index contributed by atoms with van der Waals surface area (Å²) in [6.07, 6.45) is 0. The van der Waals surface area contributed by atoms with Crippen LogP contribution in [0.4, 0.5) is 0 Å². The molecule has 0 unspecified atom stereocenters. The molecule has 1 saturated heterocycles. The Morgan fingerprint density at radius 1 is 1.05 bits per heavy atom. The average Bonchev–Trinajstić information content (AvgIpc) is 2.66. The summed E-state index contributed by atoms with van der Waals surface area (Å²) in [6.45, 7) is 8.03. The number of piperazine rings is 1. The molecule has 5 heteroatoms. The third-order valence-electron chi connectivity index (χ3n) is 4.02. The van der Waals surface area contributed by atoms with Crippen molar-refractivity contribution in [1.29, 1.82) is 0 Å². The van der Waals surface area contributed by atoms with E-state index in [0.717, 1.165) is 17.0 Å². The minimum atomic E-state index is 0.0735. The van der Waals surface area contributed by atoms with Crippen LogP contribution in [0.1, 0.15) is 28.7 Å². The van der Waals surface area contributed by atoms with Crippen LogP contribution in [0.2, 0.25) is 0 Å². The molecule has 1 aliphatic heterocycles. The molecule has 0 bridgehead atoms. The maximum absolute atomic E-state index is 12.5. The Bertz CT molecular complexity index is 511. The Morgan fingerprint density at radius 3 is 2.00 bits per heavy atom. The quantitative estimate of drug-likeness (QED) is 0.757. The van der Waals surface area contributed by atoms with Gasteiger partial charge in [-0.3, -0.25) is 9.59 Å². The first-order chi connectivity index (χ1) is 8.91. The van der Waals surface area contributed by atoms with Gasteiger partial charge in [0.15, 0.2) is 0 Å². The number of aromatic nitrogens is 1. The van der Waals surface area contributed by atoms with Crippen LogP contribution in [0.5, 0.6) is 0 Å². The van der Waals surface area contributed by atoms with E-state index in [1.165, 1.54) is 0 Å². The molecule has 19 heavy (non-hydrogen) atoms. The Kier molecular flexibility index (Phi) is 3.64. The van der Waals surface area contributed by atoms with Crippen LogP contribution in [0.15, 0.2) is 6.07 Å². The lowest BCUT2D eigenvalue weighted by Crippen LogP contribution is -2.50. The SMILES string of the molecule is CC(=O)N1CCN(C(=O)c2cc(C)n(C)c2C)CC1. The van der Waals surface area contributed by atoms with E-state index in [1.54, 1.807) is 11.8 Å². The van der Waals surface area contributed by atoms with Crippen molar-refractivity contribution >= 4 is 11.8 Å². The molecule has 0 aromatic carbocycles. The van der Waals surface area contributed by atoms with E-state index in [0.29, 0.717) is 26.2 Å². The van der Waals surface area contributed by atoms with Crippen molar-refractivity contribution in [2.24, 2.45) is 7.05 Å². The monoisotopic (exact) mass is 263 g/mol. The van der Waals surface area contributed by atoms with Crippen molar-refractivity contribution in [2.45, 2.75) is 20.8 Å². The minimum absolute atomic E-state index is 0.0735. The van der Waals surface area contributed by atoms with Gasteiger partial charge in [0.05, 0.1) is 5.56 Å². The van der Waals surface area contributed by atoms with Gasteiger partial charge < -0.3 is 14.4 Å². The van der Waals surface area contributed by atoms with E-state index in [1.807, 2.05) is 36.4 Å². The first kappa shape index (κ1) is 13.6. The number of carbonyl (C=O) groups excluding carboxylic acids is 2. The fraction of sp³-hybridized carbons (Fsp3) is 0.571. The van der Waals surface area contributed by atoms with Crippen LogP contribution in [0.25, 0.3) is 0 Å². The molecule has 5 nitrogen and oxygen atoms in total. The summed E-state index contributed by atoms with van der Waals surface area (Å²) in [4.78, 5) is 27.4. The van der Waals surface area contributed by atoms with Gasteiger partial charge in [-0.1, -0.05) is 0 Å². The topological polar surface area (TPSA) is 45.6 Å². The van der Waals surface area contributed by atoms with E-state index in [4.69, 9.17) is 0 Å². The molecule has 2 amide bonds. The van der Waals surface area contributed by atoms with Gasteiger partial charge in [-0.05, 0) is 19.9 Å². The van der Waals surface area contributed by atoms with E-state index in [-0.39, 0.29) is 11.8 Å². The van der Waals surface area contributed by atoms with Crippen LogP contribution in [0.3, 0.4) is 0 Å². The van der Waals surface area contributed by atoms with Gasteiger partial charge in [0.2, 0.25) is 5.91 Å². The smallest absolute Gasteiger partial charge is 0.255 e. The summed E-state index contributed by atoms with van der Waals surface area (Å²) in [6, 6.07) is 1.94. The highest BCUT2D eigenvalue weighted by molar-refractivity contribution is 5.95. The number of amides is 2. The fourth-order valence-electron chi connectivity index (χ4n) is 2.47. The molecule has 0 radical (unpaired) electrons. The molecule has 0 atom stereocenters. The van der Waals surface area contributed by atoms with Crippen molar-refractivity contribution in [3.63, 3.8) is 0 Å². The molecular weight excluding hydrogens is 242 g/mol. The van der Waals surface area contributed by atoms with Crippen LogP contribution in [0, 0.1) is 13.8 Å². The summed E-state index contributed by atoms with van der Waals surface area (Å²) >= 11 is 0. The molecule has 2 rings (SSSR count). The zero-order valence-corrected chi connectivity index (χ0v) is 12.1. The fourth-order valence-corrected chi connectivity index (χ4v) is 2.47. The zero-order valence-electron chi connectivity index (χ0n) is 12.1. The minimum Gasteiger partial charge on any atom is -0.351 e. The van der Waals surface area contributed by atoms with Crippen LogP contribution >= 0.6 is 0 Å². The second kappa shape index (κ2) is 5.07. The number of hydrogen-bond donors (Lipinski definition) is 0. The van der Waals surface area contributed by atoms with Gasteiger partial charge in [-0.2, -0.15) is 0 Å². The zero-order chi connectivity index (χ0) is 14.2. The molecular formula is C14H21N3O2. The standard InChI is InChI=1S/C14H21N3O2/c1-10-9-13(11(2)15(10)4)14(19)17-7-5-16(6-8-17)12(3)18/h9H,5-8H2,1-4H3. The summed E-state index contributed by atoms with van der Waals surface area (Å²) in [5, 5.41) is 0. The highest BCUT2D eigenvalue weighted by atomic mass is 16.2. The number of nitrogens with zero attached hydrogens (tertiary/aromatic N) is 3. The predicted octanol–water partition coefficient (Wildman–Crippen LogP) is 0.946. The van der Waals surface area contributed by atoms with Gasteiger partial charge in [-0.15, -0.1) is 0 Å². The third-order valence-corrected chi connectivity index (χ3v) is 4.02. The average molecular weight is 263 g/mol. The second-order valence-electron chi connectivity index (χ2n) is 5.14. The highest BCUT2D eigenvalue weighted by Gasteiger charge is 2.25. The van der Waals surface area contributed by atoms with Gasteiger partial charge in [0.1, 0.15) is 0 Å². The predicted molar refractivity (Wildman–Crippen MR) is 73.0 cm³/mol. The van der Waals surface area contributed by atoms with Crippen molar-refractivity contribution in [3.8, 4) is 0 Å². The molecule has 0 aliphatic carbocycles. The maximum Gasteiger partial charge on any atom is 0.255 e. The summed E-state index contributed by atoms with van der Waals surface area (Å²) < 4.78 is 2.03. The number of carbonyl (C=O) groups is 2. The maximum atomic E-state index is 12.5. The van der Waals surface area contributed by atoms with Crippen molar-refractivity contribution in [2.75, 3.05) is 26.2 Å². The molecule has 0 saturated carbocycles. The first-order valence-electron chi connectivity index (χ1n) is 6.59. The van der Waals surface area contributed by atoms with Gasteiger partial charge >= 0.3 is 0 Å². The number of rotatable bonds is 1. The van der Waals surface area contributed by atoms with E-state index in [9.17, 15) is 9.59 Å². The van der Waals surface area contributed by atoms with Crippen LogP contribution in [-0.2, 0) is 11.8 Å². The molecule has 1 aliphatic rings. The number of hydrogen-bond acceptors (Lipinski definition) is 2. The molecule has 2 heterocycles. The summed E-state index contributed by atoms with van der Waals surface area (Å²) in [5.74, 6) is 0.156. The molecule has 1 aromatic heterocycles. The van der Waals surface area contributed by atoms with Crippen LogP contribution in [-0.4, -0.2) is 52.4 Å². The van der Waals surface area contributed by atoms with E-state index < -0.39 is 0 Å². The molecule has 0 N–H and O–H groups in total. The van der Waals surface area contributed by atoms with E-state index >= 15 is 0 Å². The van der Waals surface area contributed by atoms with Crippen molar-refractivity contribution in [1.82, 2.24) is 14.4 Å². The molecule has 1 aromatic rings. The number of aryl methyl sites for hydroxylation is 1. The summed E-state index contributed by atoms with van der Waals surface area (Å²) in [7, 11) is 1.97. The van der Waals surface area contributed by atoms with Crippen molar-refractivity contribution in [3.05, 3.63) is 23.0 Å². The van der Waals surface area contributed by atoms with Gasteiger partial charge in [0.25, 0.3) is 5.91 Å². The van der Waals surface area contributed by atoms with Crippen LogP contribution < -0.4 is 0 Å². The molecule has 1 fully saturated rings. The normalized spacial score (nSPS) is 15.8. The van der Waals surface area contributed by atoms with E-state index in [2.05, 4.69) is 0 Å². The Hall–Kier alpha value is -1.78. The lowest BCUT2D eigenvalue weighted by molar-refractivity contribution is -0.130. The highest BCUT2D eigenvalue weighted by Crippen LogP contribution is 2.16. The molecule has 0 spiro atoms. The molecule has 104 valence electrons. The van der Waals surface area contributed by atoms with Gasteiger partial charge in [0, 0.05) is 51.5 Å².